The third-order valence-corrected chi connectivity index (χ3v) is 6.12. The van der Waals surface area contributed by atoms with E-state index in [1.54, 1.807) is 4.90 Å². The van der Waals surface area contributed by atoms with Gasteiger partial charge >= 0.3 is 6.03 Å². The summed E-state index contributed by atoms with van der Waals surface area (Å²) in [5, 5.41) is 2.81. The van der Waals surface area contributed by atoms with Crippen molar-refractivity contribution >= 4 is 23.5 Å². The lowest BCUT2D eigenvalue weighted by Crippen LogP contribution is -2.46. The number of benzene rings is 2. The minimum atomic E-state index is -1.28. The average molecular weight is 423 g/mol. The number of imide groups is 1. The Morgan fingerprint density at radius 3 is 2.61 bits per heavy atom. The van der Waals surface area contributed by atoms with Gasteiger partial charge in [0.05, 0.1) is 0 Å². The summed E-state index contributed by atoms with van der Waals surface area (Å²) < 4.78 is 13.5. The molecule has 162 valence electrons. The number of anilines is 1. The van der Waals surface area contributed by atoms with Gasteiger partial charge in [-0.2, -0.15) is 0 Å². The van der Waals surface area contributed by atoms with Crippen LogP contribution in [0.4, 0.5) is 14.9 Å². The van der Waals surface area contributed by atoms with Gasteiger partial charge in [0.25, 0.3) is 5.91 Å². The van der Waals surface area contributed by atoms with E-state index in [0.717, 1.165) is 35.4 Å². The second-order valence-corrected chi connectivity index (χ2v) is 8.11. The summed E-state index contributed by atoms with van der Waals surface area (Å²) in [6.07, 6.45) is 3.64. The number of halogens is 1. The number of carbonyl (C=O) groups is 3. The van der Waals surface area contributed by atoms with Crippen molar-refractivity contribution in [2.75, 3.05) is 18.0 Å². The Morgan fingerprint density at radius 1 is 1.13 bits per heavy atom. The Balaban J connectivity index is 1.60. The van der Waals surface area contributed by atoms with Crippen LogP contribution in [0.15, 0.2) is 48.5 Å². The van der Waals surface area contributed by atoms with Crippen LogP contribution >= 0.6 is 0 Å². The molecule has 0 spiro atoms. The molecule has 6 nitrogen and oxygen atoms in total. The van der Waals surface area contributed by atoms with Gasteiger partial charge in [-0.15, -0.1) is 0 Å². The molecule has 2 heterocycles. The van der Waals surface area contributed by atoms with E-state index in [9.17, 15) is 18.8 Å². The van der Waals surface area contributed by atoms with Gasteiger partial charge in [0.1, 0.15) is 17.9 Å². The van der Waals surface area contributed by atoms with E-state index >= 15 is 0 Å². The highest BCUT2D eigenvalue weighted by atomic mass is 19.1. The van der Waals surface area contributed by atoms with E-state index in [4.69, 9.17) is 0 Å². The molecule has 0 radical (unpaired) electrons. The van der Waals surface area contributed by atoms with Crippen LogP contribution < -0.4 is 10.2 Å². The number of aryl methyl sites for hydroxylation is 1. The van der Waals surface area contributed by atoms with Crippen LogP contribution in [0, 0.1) is 5.82 Å². The normalized spacial score (nSPS) is 20.6. The van der Waals surface area contributed by atoms with Crippen molar-refractivity contribution in [3.63, 3.8) is 0 Å². The molecule has 0 unspecified atom stereocenters. The quantitative estimate of drug-likeness (QED) is 0.720. The molecular weight excluding hydrogens is 397 g/mol. The molecule has 31 heavy (non-hydrogen) atoms. The first-order valence-corrected chi connectivity index (χ1v) is 10.7. The molecule has 0 aromatic heterocycles. The number of urea groups is 1. The van der Waals surface area contributed by atoms with Crippen LogP contribution in [0.25, 0.3) is 0 Å². The van der Waals surface area contributed by atoms with Crippen molar-refractivity contribution in [3.05, 3.63) is 65.5 Å². The molecule has 1 fully saturated rings. The number of amides is 4. The highest BCUT2D eigenvalue weighted by molar-refractivity contribution is 6.10. The van der Waals surface area contributed by atoms with E-state index < -0.39 is 23.3 Å². The van der Waals surface area contributed by atoms with Crippen molar-refractivity contribution in [1.82, 2.24) is 10.2 Å². The fourth-order valence-corrected chi connectivity index (χ4v) is 4.47. The topological polar surface area (TPSA) is 69.7 Å². The van der Waals surface area contributed by atoms with Gasteiger partial charge in [0, 0.05) is 12.2 Å². The van der Waals surface area contributed by atoms with Gasteiger partial charge in [-0.1, -0.05) is 50.1 Å². The fraction of sp³-hybridized carbons (Fsp3) is 0.375. The van der Waals surface area contributed by atoms with Crippen molar-refractivity contribution in [2.45, 2.75) is 44.6 Å². The smallest absolute Gasteiger partial charge is 0.319 e. The lowest BCUT2D eigenvalue weighted by atomic mass is 9.85. The number of nitrogens with one attached hydrogen (secondary N) is 1. The summed E-state index contributed by atoms with van der Waals surface area (Å²) in [5.74, 6) is -1.17. The van der Waals surface area contributed by atoms with Crippen LogP contribution in [0.2, 0.25) is 0 Å². The number of hydrogen-bond acceptors (Lipinski definition) is 3. The van der Waals surface area contributed by atoms with Gasteiger partial charge in [-0.05, 0) is 48.6 Å². The molecule has 2 aliphatic heterocycles. The second-order valence-electron chi connectivity index (χ2n) is 8.11. The van der Waals surface area contributed by atoms with Crippen LogP contribution in [0.5, 0.6) is 0 Å². The Labute approximate surface area is 181 Å². The van der Waals surface area contributed by atoms with Crippen molar-refractivity contribution in [2.24, 2.45) is 0 Å². The highest BCUT2D eigenvalue weighted by Gasteiger charge is 2.52. The Hall–Kier alpha value is -3.22. The molecule has 1 saturated heterocycles. The summed E-state index contributed by atoms with van der Waals surface area (Å²) >= 11 is 0. The second kappa shape index (κ2) is 8.49. The SMILES string of the molecule is CCCC[C@@]1(c2ccc(F)cc2)NC(=O)N(CC(=O)N2CCCc3ccccc32)C1=O. The molecule has 1 atom stereocenters. The van der Waals surface area contributed by atoms with Crippen molar-refractivity contribution < 1.29 is 18.8 Å². The van der Waals surface area contributed by atoms with Crippen molar-refractivity contribution in [1.29, 1.82) is 0 Å². The molecule has 4 rings (SSSR count). The minimum absolute atomic E-state index is 0.291. The largest absolute Gasteiger partial charge is 0.325 e. The molecule has 1 N–H and O–H groups in total. The third-order valence-electron chi connectivity index (χ3n) is 6.12. The Kier molecular flexibility index (Phi) is 5.76. The van der Waals surface area contributed by atoms with Gasteiger partial charge in [-0.3, -0.25) is 14.5 Å². The van der Waals surface area contributed by atoms with E-state index in [2.05, 4.69) is 5.32 Å². The van der Waals surface area contributed by atoms with Gasteiger partial charge in [0.15, 0.2) is 0 Å². The number of nitrogens with zero attached hydrogens (tertiary/aromatic N) is 2. The predicted molar refractivity (Wildman–Crippen MR) is 115 cm³/mol. The zero-order chi connectivity index (χ0) is 22.0. The van der Waals surface area contributed by atoms with Gasteiger partial charge in [0.2, 0.25) is 5.91 Å². The summed E-state index contributed by atoms with van der Waals surface area (Å²) in [6.45, 7) is 2.22. The maximum Gasteiger partial charge on any atom is 0.325 e. The molecule has 7 heteroatoms. The maximum atomic E-state index is 13.5. The van der Waals surface area contributed by atoms with Crippen LogP contribution in [-0.4, -0.2) is 35.8 Å². The molecule has 2 aromatic rings. The number of fused-ring (bicyclic) bond motifs is 1. The van der Waals surface area contributed by atoms with Gasteiger partial charge in [-0.25, -0.2) is 9.18 Å². The Bertz CT molecular complexity index is 1010. The lowest BCUT2D eigenvalue weighted by Gasteiger charge is -2.31. The average Bonchev–Trinajstić information content (AvgIpc) is 3.02. The van der Waals surface area contributed by atoms with E-state index in [1.807, 2.05) is 31.2 Å². The van der Waals surface area contributed by atoms with Crippen LogP contribution in [0.3, 0.4) is 0 Å². The molecule has 0 saturated carbocycles. The monoisotopic (exact) mass is 423 g/mol. The lowest BCUT2D eigenvalue weighted by molar-refractivity contribution is -0.135. The number of unbranched alkanes of at least 4 members (excludes halogenated alkanes) is 1. The molecule has 0 aliphatic carbocycles. The summed E-state index contributed by atoms with van der Waals surface area (Å²) in [4.78, 5) is 42.1. The Morgan fingerprint density at radius 2 is 1.87 bits per heavy atom. The van der Waals surface area contributed by atoms with E-state index in [0.29, 0.717) is 24.9 Å². The predicted octanol–water partition coefficient (Wildman–Crippen LogP) is 3.74. The molecule has 2 aromatic carbocycles. The van der Waals surface area contributed by atoms with Crippen LogP contribution in [-0.2, 0) is 21.5 Å². The molecule has 2 aliphatic rings. The molecule has 0 bridgehead atoms. The number of para-hydroxylation sites is 1. The molecular formula is C24H26FN3O3. The first-order chi connectivity index (χ1) is 15.0. The third kappa shape index (κ3) is 3.80. The summed E-state index contributed by atoms with van der Waals surface area (Å²) in [5.41, 5.74) is 1.17. The summed E-state index contributed by atoms with van der Waals surface area (Å²) in [7, 11) is 0. The first kappa shape index (κ1) is 21.0. The maximum absolute atomic E-state index is 13.5. The standard InChI is InChI=1S/C24H26FN3O3/c1-2-3-14-24(18-10-12-19(25)13-11-18)22(30)28(23(31)26-24)16-21(29)27-15-6-8-17-7-4-5-9-20(17)27/h4-5,7,9-13H,2-3,6,8,14-16H2,1H3,(H,26,31)/t24-/m0/s1. The number of hydrogen-bond donors (Lipinski definition) is 1. The minimum Gasteiger partial charge on any atom is -0.319 e. The van der Waals surface area contributed by atoms with E-state index in [1.165, 1.54) is 24.3 Å². The van der Waals surface area contributed by atoms with Crippen molar-refractivity contribution in [3.8, 4) is 0 Å². The fourth-order valence-electron chi connectivity index (χ4n) is 4.47. The highest BCUT2D eigenvalue weighted by Crippen LogP contribution is 2.35. The first-order valence-electron chi connectivity index (χ1n) is 10.7. The summed E-state index contributed by atoms with van der Waals surface area (Å²) in [6, 6.07) is 12.7. The molecule has 4 amide bonds. The number of carbonyl (C=O) groups excluding carboxylic acids is 3. The van der Waals surface area contributed by atoms with E-state index in [-0.39, 0.29) is 12.5 Å². The zero-order valence-electron chi connectivity index (χ0n) is 17.6. The van der Waals surface area contributed by atoms with Gasteiger partial charge < -0.3 is 10.2 Å². The zero-order valence-corrected chi connectivity index (χ0v) is 17.6. The number of rotatable bonds is 6. The van der Waals surface area contributed by atoms with Crippen LogP contribution in [0.1, 0.15) is 43.7 Å².